The molecule has 128 valence electrons. The van der Waals surface area contributed by atoms with E-state index in [-0.39, 0.29) is 18.5 Å². The van der Waals surface area contributed by atoms with Crippen molar-refractivity contribution in [1.82, 2.24) is 10.3 Å². The molecule has 0 aliphatic rings. The average molecular weight is 358 g/mol. The molecule has 0 spiro atoms. The van der Waals surface area contributed by atoms with Crippen LogP contribution < -0.4 is 5.32 Å². The molecule has 2 rings (SSSR count). The molecule has 0 aliphatic heterocycles. The predicted octanol–water partition coefficient (Wildman–Crippen LogP) is 3.50. The van der Waals surface area contributed by atoms with Gasteiger partial charge < -0.3 is 10.4 Å². The highest BCUT2D eigenvalue weighted by Crippen LogP contribution is 2.31. The van der Waals surface area contributed by atoms with Gasteiger partial charge in [0.25, 0.3) is 5.91 Å². The number of nitrogens with one attached hydrogen (secondary N) is 1. The van der Waals surface area contributed by atoms with E-state index in [0.717, 1.165) is 5.38 Å². The normalized spacial score (nSPS) is 12.6. The van der Waals surface area contributed by atoms with Gasteiger partial charge in [0.2, 0.25) is 0 Å². The number of alkyl halides is 3. The number of hydrogen-bond acceptors (Lipinski definition) is 4. The Morgan fingerprint density at radius 1 is 1.25 bits per heavy atom. The van der Waals surface area contributed by atoms with Gasteiger partial charge in [0.1, 0.15) is 5.69 Å². The summed E-state index contributed by atoms with van der Waals surface area (Å²) in [5.74, 6) is -1.81. The smallest absolute Gasteiger partial charge is 0.443 e. The molecule has 9 heteroatoms. The van der Waals surface area contributed by atoms with Crippen molar-refractivity contribution in [3.8, 4) is 0 Å². The largest absolute Gasteiger partial charge is 0.481 e. The van der Waals surface area contributed by atoms with Crippen LogP contribution in [0.15, 0.2) is 35.7 Å². The fraction of sp³-hybridized carbons (Fsp3) is 0.267. The molecular formula is C15H13F3N2O3S. The fourth-order valence-electron chi connectivity index (χ4n) is 2.02. The van der Waals surface area contributed by atoms with Gasteiger partial charge in [0.15, 0.2) is 5.01 Å². The molecule has 5 nitrogen and oxygen atoms in total. The van der Waals surface area contributed by atoms with Gasteiger partial charge in [0, 0.05) is 11.8 Å². The lowest BCUT2D eigenvalue weighted by atomic mass is 10.0. The molecule has 0 aliphatic carbocycles. The summed E-state index contributed by atoms with van der Waals surface area (Å²) in [5.41, 5.74) is 0.321. The van der Waals surface area contributed by atoms with Crippen LogP contribution in [0.25, 0.3) is 0 Å². The second-order valence-electron chi connectivity index (χ2n) is 4.90. The highest BCUT2D eigenvalue weighted by atomic mass is 32.1. The molecule has 2 aromatic rings. The zero-order valence-electron chi connectivity index (χ0n) is 12.2. The Bertz CT molecular complexity index is 716. The monoisotopic (exact) mass is 358 g/mol. The lowest BCUT2D eigenvalue weighted by Gasteiger charge is -2.18. The van der Waals surface area contributed by atoms with Crippen LogP contribution in [0.5, 0.6) is 0 Å². The third-order valence-electron chi connectivity index (χ3n) is 3.13. The van der Waals surface area contributed by atoms with E-state index in [4.69, 9.17) is 5.11 Å². The first-order chi connectivity index (χ1) is 11.3. The van der Waals surface area contributed by atoms with Crippen LogP contribution in [0.1, 0.15) is 39.9 Å². The molecular weight excluding hydrogens is 345 g/mol. The summed E-state index contributed by atoms with van der Waals surface area (Å²) < 4.78 is 37.7. The molecule has 0 fully saturated rings. The van der Waals surface area contributed by atoms with Gasteiger partial charge in [-0.05, 0) is 12.0 Å². The molecule has 1 unspecified atom stereocenters. The van der Waals surface area contributed by atoms with Gasteiger partial charge in [-0.15, -0.1) is 11.3 Å². The number of carbonyl (C=O) groups excluding carboxylic acids is 1. The number of thiazole rings is 1. The minimum absolute atomic E-state index is 0.112. The van der Waals surface area contributed by atoms with E-state index in [1.54, 1.807) is 30.3 Å². The first-order valence-corrected chi connectivity index (χ1v) is 7.75. The van der Waals surface area contributed by atoms with Crippen molar-refractivity contribution >= 4 is 23.2 Å². The number of halogens is 3. The molecule has 1 aromatic heterocycles. The Labute approximate surface area is 139 Å². The number of benzene rings is 1. The van der Waals surface area contributed by atoms with Crippen LogP contribution in [0.3, 0.4) is 0 Å². The summed E-state index contributed by atoms with van der Waals surface area (Å²) in [6.07, 6.45) is -4.68. The molecule has 1 atom stereocenters. The molecule has 1 amide bonds. The number of aliphatic carboxylic acids is 1. The molecule has 24 heavy (non-hydrogen) atoms. The third-order valence-corrected chi connectivity index (χ3v) is 4.02. The molecule has 0 bridgehead atoms. The van der Waals surface area contributed by atoms with Gasteiger partial charge in [-0.1, -0.05) is 30.3 Å². The van der Waals surface area contributed by atoms with E-state index in [1.807, 2.05) is 0 Å². The minimum Gasteiger partial charge on any atom is -0.481 e. The van der Waals surface area contributed by atoms with Crippen LogP contribution in [-0.2, 0) is 11.0 Å². The SMILES string of the molecule is O=C(O)CCC(NC(=O)c1csc(C(F)(F)F)n1)c1ccccc1. The van der Waals surface area contributed by atoms with Crippen molar-refractivity contribution < 1.29 is 27.9 Å². The van der Waals surface area contributed by atoms with Crippen LogP contribution in [-0.4, -0.2) is 22.0 Å². The average Bonchev–Trinajstić information content (AvgIpc) is 3.02. The van der Waals surface area contributed by atoms with Crippen molar-refractivity contribution in [3.63, 3.8) is 0 Å². The third kappa shape index (κ3) is 4.79. The zero-order chi connectivity index (χ0) is 17.7. The number of hydrogen-bond donors (Lipinski definition) is 2. The maximum absolute atomic E-state index is 12.6. The molecule has 0 saturated carbocycles. The Kier molecular flexibility index (Phi) is 5.55. The summed E-state index contributed by atoms with van der Waals surface area (Å²) in [6, 6.07) is 7.98. The number of amides is 1. The Balaban J connectivity index is 2.15. The highest BCUT2D eigenvalue weighted by molar-refractivity contribution is 7.09. The Morgan fingerprint density at radius 2 is 1.92 bits per heavy atom. The standard InChI is InChI=1S/C15H13F3N2O3S/c16-15(17,18)14-20-11(8-24-14)13(23)19-10(6-7-12(21)22)9-4-2-1-3-5-9/h1-5,8,10H,6-7H2,(H,19,23)(H,21,22). The number of carboxylic acids is 1. The summed E-state index contributed by atoms with van der Waals surface area (Å²) in [7, 11) is 0. The summed E-state index contributed by atoms with van der Waals surface area (Å²) in [4.78, 5) is 26.2. The first kappa shape index (κ1) is 17.9. The topological polar surface area (TPSA) is 79.3 Å². The summed E-state index contributed by atoms with van der Waals surface area (Å²) in [6.45, 7) is 0. The van der Waals surface area contributed by atoms with E-state index in [0.29, 0.717) is 16.9 Å². The van der Waals surface area contributed by atoms with Crippen LogP contribution in [0.2, 0.25) is 0 Å². The summed E-state index contributed by atoms with van der Waals surface area (Å²) >= 11 is 0.335. The quantitative estimate of drug-likeness (QED) is 0.828. The van der Waals surface area contributed by atoms with E-state index in [1.165, 1.54) is 0 Å². The van der Waals surface area contributed by atoms with Gasteiger partial charge in [-0.3, -0.25) is 9.59 Å². The van der Waals surface area contributed by atoms with Crippen LogP contribution in [0, 0.1) is 0 Å². The number of nitrogens with zero attached hydrogens (tertiary/aromatic N) is 1. The Morgan fingerprint density at radius 3 is 2.46 bits per heavy atom. The lowest BCUT2D eigenvalue weighted by Crippen LogP contribution is -2.29. The second kappa shape index (κ2) is 7.43. The van der Waals surface area contributed by atoms with Crippen LogP contribution in [0.4, 0.5) is 13.2 Å². The van der Waals surface area contributed by atoms with Gasteiger partial charge >= 0.3 is 12.1 Å². The maximum Gasteiger partial charge on any atom is 0.443 e. The van der Waals surface area contributed by atoms with Crippen LogP contribution >= 0.6 is 11.3 Å². The molecule has 0 saturated heterocycles. The molecule has 1 heterocycles. The number of aromatic nitrogens is 1. The highest BCUT2D eigenvalue weighted by Gasteiger charge is 2.35. The van der Waals surface area contributed by atoms with E-state index >= 15 is 0 Å². The maximum atomic E-state index is 12.6. The number of carbonyl (C=O) groups is 2. The number of carboxylic acid groups (broad SMARTS) is 1. The predicted molar refractivity (Wildman–Crippen MR) is 80.6 cm³/mol. The van der Waals surface area contributed by atoms with Crippen molar-refractivity contribution in [2.75, 3.05) is 0 Å². The zero-order valence-corrected chi connectivity index (χ0v) is 13.0. The first-order valence-electron chi connectivity index (χ1n) is 6.87. The number of rotatable bonds is 6. The van der Waals surface area contributed by atoms with Crippen molar-refractivity contribution in [1.29, 1.82) is 0 Å². The Hall–Kier alpha value is -2.42. The van der Waals surface area contributed by atoms with Crippen molar-refractivity contribution in [3.05, 3.63) is 52.0 Å². The lowest BCUT2D eigenvalue weighted by molar-refractivity contribution is -0.138. The van der Waals surface area contributed by atoms with Crippen molar-refractivity contribution in [2.24, 2.45) is 0 Å². The van der Waals surface area contributed by atoms with Crippen molar-refractivity contribution in [2.45, 2.75) is 25.1 Å². The van der Waals surface area contributed by atoms with Gasteiger partial charge in [0.05, 0.1) is 6.04 Å². The summed E-state index contributed by atoms with van der Waals surface area (Å²) in [5, 5.41) is 11.3. The van der Waals surface area contributed by atoms with Gasteiger partial charge in [-0.25, -0.2) is 4.98 Å². The molecule has 1 aromatic carbocycles. The second-order valence-corrected chi connectivity index (χ2v) is 5.76. The molecule has 0 radical (unpaired) electrons. The minimum atomic E-state index is -4.61. The van der Waals surface area contributed by atoms with E-state index < -0.39 is 29.1 Å². The molecule has 2 N–H and O–H groups in total. The van der Waals surface area contributed by atoms with Gasteiger partial charge in [-0.2, -0.15) is 13.2 Å². The fourth-order valence-corrected chi connectivity index (χ4v) is 2.68. The van der Waals surface area contributed by atoms with E-state index in [9.17, 15) is 22.8 Å². The van der Waals surface area contributed by atoms with E-state index in [2.05, 4.69) is 10.3 Å².